The number of hydrogen-bond donors (Lipinski definition) is 4. The molecule has 1 fully saturated rings. The van der Waals surface area contributed by atoms with E-state index in [1.165, 1.54) is 12.5 Å². The van der Waals surface area contributed by atoms with Gasteiger partial charge in [0.05, 0.1) is 28.0 Å². The van der Waals surface area contributed by atoms with E-state index in [0.29, 0.717) is 35.6 Å². The fourth-order valence-corrected chi connectivity index (χ4v) is 5.86. The Morgan fingerprint density at radius 3 is 2.41 bits per heavy atom. The zero-order valence-electron chi connectivity index (χ0n) is 21.5. The number of carbonyl (C=O) groups is 1. The van der Waals surface area contributed by atoms with Crippen molar-refractivity contribution < 1.29 is 35.2 Å². The number of likely N-dealkylation sites (tertiary alicyclic amines) is 1. The van der Waals surface area contributed by atoms with Gasteiger partial charge in [-0.05, 0) is 69.4 Å². The third kappa shape index (κ3) is 5.83. The van der Waals surface area contributed by atoms with Crippen molar-refractivity contribution in [1.82, 2.24) is 15.2 Å². The van der Waals surface area contributed by atoms with Crippen molar-refractivity contribution in [2.75, 3.05) is 30.2 Å². The van der Waals surface area contributed by atoms with Crippen molar-refractivity contribution in [3.05, 3.63) is 76.5 Å². The van der Waals surface area contributed by atoms with E-state index in [2.05, 4.69) is 25.5 Å². The lowest BCUT2D eigenvalue weighted by Gasteiger charge is -2.32. The molecular formula is C26H25F5N6O3S. The number of nitrogens with zero attached hydrogens (tertiary/aromatic N) is 2. The summed E-state index contributed by atoms with van der Waals surface area (Å²) in [7, 11) is -2.58. The molecule has 1 saturated heterocycles. The number of H-pyrrole nitrogens is 1. The molecule has 41 heavy (non-hydrogen) atoms. The Morgan fingerprint density at radius 1 is 1.07 bits per heavy atom. The molecule has 0 radical (unpaired) electrons. The third-order valence-corrected chi connectivity index (χ3v) is 8.42. The van der Waals surface area contributed by atoms with Gasteiger partial charge in [0.15, 0.2) is 5.82 Å². The minimum Gasteiger partial charge on any atom is -0.347 e. The number of aromatic nitrogens is 1. The summed E-state index contributed by atoms with van der Waals surface area (Å²) in [6.07, 6.45) is -0.967. The highest BCUT2D eigenvalue weighted by atomic mass is 32.2. The number of benzene rings is 2. The molecule has 4 N–H and O–H groups in total. The maximum Gasteiger partial charge on any atom is 0.416 e. The molecule has 0 bridgehead atoms. The van der Waals surface area contributed by atoms with Gasteiger partial charge in [0, 0.05) is 23.4 Å². The molecule has 0 amide bonds. The number of carbonyl (C=O) groups excluding carboxylic acids is 1. The van der Waals surface area contributed by atoms with E-state index in [1.807, 2.05) is 11.8 Å². The summed E-state index contributed by atoms with van der Waals surface area (Å²) in [5, 5.41) is 6.25. The Bertz CT molecular complexity index is 1600. The van der Waals surface area contributed by atoms with Gasteiger partial charge in [-0.3, -0.25) is 19.8 Å². The van der Waals surface area contributed by atoms with Crippen molar-refractivity contribution in [2.45, 2.75) is 36.1 Å². The first kappa shape index (κ1) is 28.7. The lowest BCUT2D eigenvalue weighted by atomic mass is 9.97. The first-order valence-corrected chi connectivity index (χ1v) is 14.0. The van der Waals surface area contributed by atoms with Gasteiger partial charge in [-0.1, -0.05) is 0 Å². The van der Waals surface area contributed by atoms with Gasteiger partial charge < -0.3 is 15.2 Å². The molecule has 1 atom stereocenters. The summed E-state index contributed by atoms with van der Waals surface area (Å²) < 4.78 is 96.5. The van der Waals surface area contributed by atoms with Crippen molar-refractivity contribution in [2.24, 2.45) is 4.99 Å². The molecule has 0 aliphatic carbocycles. The quantitative estimate of drug-likeness (QED) is 0.236. The summed E-state index contributed by atoms with van der Waals surface area (Å²) in [5.74, 6) is -3.35. The Morgan fingerprint density at radius 2 is 1.76 bits per heavy atom. The van der Waals surface area contributed by atoms with Gasteiger partial charge in [-0.25, -0.2) is 17.2 Å². The molecule has 0 unspecified atom stereocenters. The zero-order valence-corrected chi connectivity index (χ0v) is 22.3. The van der Waals surface area contributed by atoms with E-state index < -0.39 is 61.5 Å². The highest BCUT2D eigenvalue weighted by Crippen LogP contribution is 2.35. The van der Waals surface area contributed by atoms with Crippen LogP contribution in [0.1, 0.15) is 46.1 Å². The van der Waals surface area contributed by atoms with Crippen molar-refractivity contribution in [3.63, 3.8) is 0 Å². The van der Waals surface area contributed by atoms with Crippen LogP contribution in [0.2, 0.25) is 0 Å². The number of ketones is 1. The summed E-state index contributed by atoms with van der Waals surface area (Å²) >= 11 is 0. The highest BCUT2D eigenvalue weighted by Gasteiger charge is 2.33. The van der Waals surface area contributed by atoms with E-state index in [1.54, 1.807) is 0 Å². The SMILES string of the molecule is CN1CCC(N[C@@H]2N=CNc3[nH]cc(C(=O)c4c(F)ccc(NS(=O)(=O)c5ccc(C(F)(F)F)cc5)c4F)c32)CC1. The number of alkyl halides is 3. The Hall–Kier alpha value is -3.82. The molecule has 2 aromatic carbocycles. The van der Waals surface area contributed by atoms with Crippen LogP contribution in [0.25, 0.3) is 0 Å². The first-order valence-electron chi connectivity index (χ1n) is 12.5. The second kappa shape index (κ2) is 10.9. The van der Waals surface area contributed by atoms with Crippen LogP contribution in [0, 0.1) is 11.6 Å². The van der Waals surface area contributed by atoms with Crippen molar-refractivity contribution >= 4 is 33.7 Å². The summed E-state index contributed by atoms with van der Waals surface area (Å²) in [5.41, 5.74) is -2.56. The topological polar surface area (TPSA) is 119 Å². The molecule has 2 aliphatic rings. The highest BCUT2D eigenvalue weighted by molar-refractivity contribution is 7.92. The Kier molecular flexibility index (Phi) is 7.61. The molecule has 218 valence electrons. The number of anilines is 2. The summed E-state index contributed by atoms with van der Waals surface area (Å²) in [6, 6.07) is 4.13. The maximum absolute atomic E-state index is 15.6. The van der Waals surface area contributed by atoms with E-state index in [-0.39, 0.29) is 11.6 Å². The summed E-state index contributed by atoms with van der Waals surface area (Å²) in [6.45, 7) is 1.73. The number of nitrogens with one attached hydrogen (secondary N) is 4. The van der Waals surface area contributed by atoms with Crippen LogP contribution >= 0.6 is 0 Å². The van der Waals surface area contributed by atoms with Crippen LogP contribution in [0.4, 0.5) is 33.5 Å². The molecule has 15 heteroatoms. The lowest BCUT2D eigenvalue weighted by Crippen LogP contribution is -2.42. The van der Waals surface area contributed by atoms with Gasteiger partial charge in [0.1, 0.15) is 17.8 Å². The second-order valence-corrected chi connectivity index (χ2v) is 11.5. The fraction of sp³-hybridized carbons (Fsp3) is 0.308. The second-order valence-electron chi connectivity index (χ2n) is 9.80. The van der Waals surface area contributed by atoms with Crippen LogP contribution in [-0.2, 0) is 16.2 Å². The van der Waals surface area contributed by atoms with Gasteiger partial charge >= 0.3 is 6.18 Å². The van der Waals surface area contributed by atoms with Gasteiger partial charge in [0.2, 0.25) is 5.78 Å². The smallest absolute Gasteiger partial charge is 0.347 e. The molecule has 0 spiro atoms. The monoisotopic (exact) mass is 596 g/mol. The standard InChI is InChI=1S/C26H25F5N6O3S/c1-37-10-8-15(9-11-37)35-25-20-17(12-32-24(20)33-13-34-25)23(38)21-18(27)6-7-19(22(21)28)36-41(39,40)16-4-2-14(3-5-16)26(29,30)31/h2-7,12-13,15,25,32,35-36H,8-11H2,1H3,(H,33,34)/t25-/m0/s1. The minimum absolute atomic E-state index is 0.0738. The average molecular weight is 597 g/mol. The molecule has 1 aromatic heterocycles. The number of fused-ring (bicyclic) bond motifs is 1. The number of hydrogen-bond acceptors (Lipinski definition) is 7. The predicted molar refractivity (Wildman–Crippen MR) is 141 cm³/mol. The predicted octanol–water partition coefficient (Wildman–Crippen LogP) is 4.48. The Labute approximate surface area is 231 Å². The zero-order chi connectivity index (χ0) is 29.5. The molecule has 9 nitrogen and oxygen atoms in total. The normalized spacial score (nSPS) is 18.1. The van der Waals surface area contributed by atoms with Crippen molar-refractivity contribution in [3.8, 4) is 0 Å². The summed E-state index contributed by atoms with van der Waals surface area (Å²) in [4.78, 5) is 22.4. The number of aromatic amines is 1. The van der Waals surface area contributed by atoms with Gasteiger partial charge in [-0.2, -0.15) is 13.2 Å². The van der Waals surface area contributed by atoms with E-state index >= 15 is 4.39 Å². The van der Waals surface area contributed by atoms with E-state index in [4.69, 9.17) is 0 Å². The van der Waals surface area contributed by atoms with Crippen LogP contribution in [0.3, 0.4) is 0 Å². The Balaban J connectivity index is 1.43. The molecular weight excluding hydrogens is 571 g/mol. The third-order valence-electron chi connectivity index (χ3n) is 7.04. The number of sulfonamides is 1. The maximum atomic E-state index is 15.6. The molecule has 3 heterocycles. The van der Waals surface area contributed by atoms with E-state index in [9.17, 15) is 30.8 Å². The lowest BCUT2D eigenvalue weighted by molar-refractivity contribution is -0.137. The van der Waals surface area contributed by atoms with Crippen LogP contribution in [0.5, 0.6) is 0 Å². The number of rotatable bonds is 7. The number of piperidine rings is 1. The fourth-order valence-electron chi connectivity index (χ4n) is 4.80. The van der Waals surface area contributed by atoms with Crippen molar-refractivity contribution in [1.29, 1.82) is 0 Å². The molecule has 2 aliphatic heterocycles. The van der Waals surface area contributed by atoms with Gasteiger partial charge in [-0.15, -0.1) is 0 Å². The average Bonchev–Trinajstić information content (AvgIpc) is 3.36. The molecule has 5 rings (SSSR count). The molecule has 0 saturated carbocycles. The van der Waals surface area contributed by atoms with E-state index in [0.717, 1.165) is 38.1 Å². The largest absolute Gasteiger partial charge is 0.416 e. The minimum atomic E-state index is -4.69. The molecule has 3 aromatic rings. The number of halogens is 5. The van der Waals surface area contributed by atoms with Crippen LogP contribution < -0.4 is 15.4 Å². The first-order chi connectivity index (χ1) is 19.3. The van der Waals surface area contributed by atoms with Crippen LogP contribution in [-0.4, -0.2) is 56.6 Å². The number of aliphatic imine (C=N–C) groups is 1. The van der Waals surface area contributed by atoms with Crippen LogP contribution in [0.15, 0.2) is 52.5 Å². The van der Waals surface area contributed by atoms with Gasteiger partial charge in [0.25, 0.3) is 10.0 Å².